The van der Waals surface area contributed by atoms with E-state index in [0.29, 0.717) is 11.5 Å². The van der Waals surface area contributed by atoms with E-state index in [1.165, 1.54) is 7.05 Å². The molecule has 3 nitrogen and oxygen atoms in total. The molecule has 1 rings (SSSR count). The van der Waals surface area contributed by atoms with E-state index in [1.807, 2.05) is 0 Å². The van der Waals surface area contributed by atoms with Crippen LogP contribution < -0.4 is 11.1 Å². The molecule has 1 saturated heterocycles. The van der Waals surface area contributed by atoms with Crippen molar-refractivity contribution in [3.63, 3.8) is 0 Å². The second-order valence-electron chi connectivity index (χ2n) is 3.95. The van der Waals surface area contributed by atoms with E-state index in [9.17, 15) is 0 Å². The van der Waals surface area contributed by atoms with Gasteiger partial charge in [0.05, 0.1) is 13.2 Å². The Morgan fingerprint density at radius 1 is 1.33 bits per heavy atom. The maximum atomic E-state index is 5.35. The molecule has 0 bridgehead atoms. The molecule has 1 unspecified atom stereocenters. The van der Waals surface area contributed by atoms with Crippen molar-refractivity contribution < 1.29 is 4.74 Å². The van der Waals surface area contributed by atoms with Gasteiger partial charge >= 0.3 is 0 Å². The zero-order valence-electron chi connectivity index (χ0n) is 8.68. The highest BCUT2D eigenvalue weighted by Crippen LogP contribution is 2.20. The normalized spacial score (nSPS) is 24.2. The minimum atomic E-state index is 0.334. The van der Waals surface area contributed by atoms with E-state index >= 15 is 0 Å². The molecule has 0 radical (unpaired) electrons. The summed E-state index contributed by atoms with van der Waals surface area (Å²) >= 11 is 0. The van der Waals surface area contributed by atoms with Gasteiger partial charge < -0.3 is 15.8 Å². The molecular weight excluding hydrogens is 152 g/mol. The van der Waals surface area contributed by atoms with E-state index in [2.05, 4.69) is 31.8 Å². The van der Waals surface area contributed by atoms with Gasteiger partial charge in [-0.25, -0.2) is 0 Å². The lowest BCUT2D eigenvalue weighted by Gasteiger charge is -2.34. The molecule has 12 heavy (non-hydrogen) atoms. The molecule has 1 fully saturated rings. The molecule has 0 aliphatic carbocycles. The lowest BCUT2D eigenvalue weighted by Crippen LogP contribution is -2.48. The van der Waals surface area contributed by atoms with E-state index < -0.39 is 0 Å². The van der Waals surface area contributed by atoms with Gasteiger partial charge in [0.2, 0.25) is 0 Å². The third-order valence-corrected chi connectivity index (χ3v) is 1.97. The first-order valence-corrected chi connectivity index (χ1v) is 4.49. The van der Waals surface area contributed by atoms with E-state index in [-0.39, 0.29) is 0 Å². The molecule has 0 aromatic rings. The first-order valence-electron chi connectivity index (χ1n) is 4.49. The second kappa shape index (κ2) is 5.51. The SMILES string of the molecule is CC(C)(C)C1COCCN1.CN. The van der Waals surface area contributed by atoms with Crippen LogP contribution in [0.15, 0.2) is 0 Å². The molecule has 0 saturated carbocycles. The van der Waals surface area contributed by atoms with Gasteiger partial charge in [0.1, 0.15) is 0 Å². The van der Waals surface area contributed by atoms with Crippen LogP contribution in [0.4, 0.5) is 0 Å². The zero-order valence-corrected chi connectivity index (χ0v) is 8.68. The summed E-state index contributed by atoms with van der Waals surface area (Å²) in [7, 11) is 1.50. The van der Waals surface area contributed by atoms with Crippen LogP contribution in [-0.2, 0) is 4.74 Å². The summed E-state index contributed by atoms with van der Waals surface area (Å²) in [4.78, 5) is 0. The minimum Gasteiger partial charge on any atom is -0.378 e. The van der Waals surface area contributed by atoms with Gasteiger partial charge in [0.15, 0.2) is 0 Å². The standard InChI is InChI=1S/C8H17NO.CH5N/c1-8(2,3)7-6-10-5-4-9-7;1-2/h7,9H,4-6H2,1-3H3;2H2,1H3. The lowest BCUT2D eigenvalue weighted by molar-refractivity contribution is 0.0392. The van der Waals surface area contributed by atoms with Crippen molar-refractivity contribution in [1.29, 1.82) is 0 Å². The fourth-order valence-corrected chi connectivity index (χ4v) is 1.12. The predicted molar refractivity (Wildman–Crippen MR) is 52.2 cm³/mol. The fourth-order valence-electron chi connectivity index (χ4n) is 1.12. The fraction of sp³-hybridized carbons (Fsp3) is 1.00. The van der Waals surface area contributed by atoms with Crippen LogP contribution in [0.5, 0.6) is 0 Å². The van der Waals surface area contributed by atoms with Crippen LogP contribution in [0.1, 0.15) is 20.8 Å². The lowest BCUT2D eigenvalue weighted by atomic mass is 9.87. The summed E-state index contributed by atoms with van der Waals surface area (Å²) in [5, 5.41) is 3.43. The van der Waals surface area contributed by atoms with Crippen LogP contribution in [0.25, 0.3) is 0 Å². The van der Waals surface area contributed by atoms with Crippen LogP contribution in [0, 0.1) is 5.41 Å². The van der Waals surface area contributed by atoms with E-state index in [1.54, 1.807) is 0 Å². The van der Waals surface area contributed by atoms with Crippen molar-refractivity contribution in [3.8, 4) is 0 Å². The Balaban J connectivity index is 0.000000561. The highest BCUT2D eigenvalue weighted by Gasteiger charge is 2.25. The quantitative estimate of drug-likeness (QED) is 0.565. The first kappa shape index (κ1) is 11.9. The largest absolute Gasteiger partial charge is 0.378 e. The third kappa shape index (κ3) is 4.04. The average Bonchev–Trinajstić information content (AvgIpc) is 2.08. The van der Waals surface area contributed by atoms with Gasteiger partial charge in [-0.2, -0.15) is 0 Å². The first-order chi connectivity index (χ1) is 5.61. The number of rotatable bonds is 0. The van der Waals surface area contributed by atoms with Crippen LogP contribution in [0.3, 0.4) is 0 Å². The highest BCUT2D eigenvalue weighted by atomic mass is 16.5. The van der Waals surface area contributed by atoms with Crippen molar-refractivity contribution >= 4 is 0 Å². The Labute approximate surface area is 75.7 Å². The summed E-state index contributed by atoms with van der Waals surface area (Å²) in [6, 6.07) is 0.529. The third-order valence-electron chi connectivity index (χ3n) is 1.97. The number of nitrogens with one attached hydrogen (secondary N) is 1. The molecule has 0 spiro atoms. The molecule has 1 aliphatic heterocycles. The molecule has 1 aliphatic rings. The number of nitrogens with two attached hydrogens (primary N) is 1. The summed E-state index contributed by atoms with van der Waals surface area (Å²) in [6.45, 7) is 9.44. The van der Waals surface area contributed by atoms with Crippen LogP contribution >= 0.6 is 0 Å². The molecule has 74 valence electrons. The van der Waals surface area contributed by atoms with Crippen molar-refractivity contribution in [3.05, 3.63) is 0 Å². The van der Waals surface area contributed by atoms with Crippen molar-refractivity contribution in [2.24, 2.45) is 11.1 Å². The Bertz CT molecular complexity index is 104. The average molecular weight is 174 g/mol. The number of ether oxygens (including phenoxy) is 1. The van der Waals surface area contributed by atoms with Gasteiger partial charge in [-0.1, -0.05) is 20.8 Å². The van der Waals surface area contributed by atoms with Crippen LogP contribution in [0.2, 0.25) is 0 Å². The van der Waals surface area contributed by atoms with Gasteiger partial charge in [-0.05, 0) is 12.5 Å². The Morgan fingerprint density at radius 2 is 1.92 bits per heavy atom. The summed E-state index contributed by atoms with van der Waals surface area (Å²) in [5.74, 6) is 0. The number of hydrogen-bond acceptors (Lipinski definition) is 3. The smallest absolute Gasteiger partial charge is 0.0625 e. The van der Waals surface area contributed by atoms with E-state index in [0.717, 1.165) is 19.8 Å². The monoisotopic (exact) mass is 174 g/mol. The molecule has 1 atom stereocenters. The van der Waals surface area contributed by atoms with E-state index in [4.69, 9.17) is 4.74 Å². The maximum absolute atomic E-state index is 5.35. The Kier molecular flexibility index (Phi) is 5.46. The van der Waals surface area contributed by atoms with Crippen LogP contribution in [-0.4, -0.2) is 32.8 Å². The highest BCUT2D eigenvalue weighted by molar-refractivity contribution is 4.81. The van der Waals surface area contributed by atoms with Gasteiger partial charge in [0, 0.05) is 12.6 Å². The van der Waals surface area contributed by atoms with Crippen molar-refractivity contribution in [2.75, 3.05) is 26.8 Å². The summed E-state index contributed by atoms with van der Waals surface area (Å²) in [5.41, 5.74) is 4.83. The topological polar surface area (TPSA) is 47.3 Å². The predicted octanol–water partition coefficient (Wildman–Crippen LogP) is 0.596. The zero-order chi connectivity index (χ0) is 9.61. The summed E-state index contributed by atoms with van der Waals surface area (Å²) < 4.78 is 5.35. The Morgan fingerprint density at radius 3 is 2.17 bits per heavy atom. The molecule has 0 aromatic carbocycles. The van der Waals surface area contributed by atoms with Crippen molar-refractivity contribution in [1.82, 2.24) is 5.32 Å². The maximum Gasteiger partial charge on any atom is 0.0625 e. The Hall–Kier alpha value is -0.120. The molecule has 3 N–H and O–H groups in total. The number of hydrogen-bond donors (Lipinski definition) is 2. The van der Waals surface area contributed by atoms with Gasteiger partial charge in [-0.3, -0.25) is 0 Å². The summed E-state index contributed by atoms with van der Waals surface area (Å²) in [6.07, 6.45) is 0. The number of morpholine rings is 1. The molecule has 0 amide bonds. The molecule has 1 heterocycles. The van der Waals surface area contributed by atoms with Gasteiger partial charge in [-0.15, -0.1) is 0 Å². The molecule has 0 aromatic heterocycles. The molecule has 3 heteroatoms. The minimum absolute atomic E-state index is 0.334. The van der Waals surface area contributed by atoms with Crippen molar-refractivity contribution in [2.45, 2.75) is 26.8 Å². The second-order valence-corrected chi connectivity index (χ2v) is 3.95. The molecular formula is C9H22N2O. The van der Waals surface area contributed by atoms with Gasteiger partial charge in [0.25, 0.3) is 0 Å².